The number of carbonyl (C=O) groups is 1. The van der Waals surface area contributed by atoms with Gasteiger partial charge in [-0.25, -0.2) is 9.97 Å². The summed E-state index contributed by atoms with van der Waals surface area (Å²) in [6, 6.07) is 5.99. The Kier molecular flexibility index (Phi) is 2.45. The molecule has 0 radical (unpaired) electrons. The van der Waals surface area contributed by atoms with E-state index in [2.05, 4.69) is 21.4 Å². The molecule has 5 nitrogen and oxygen atoms in total. The maximum absolute atomic E-state index is 11.5. The SMILES string of the molecule is [3H]CC(=O)Nc1nc2ccc(C)cc2c2c1nc(C)n2C. The maximum atomic E-state index is 11.5. The molecule has 0 saturated heterocycles. The van der Waals surface area contributed by atoms with Crippen molar-refractivity contribution < 1.29 is 6.17 Å². The van der Waals surface area contributed by atoms with Crippen molar-refractivity contribution in [1.29, 1.82) is 0 Å². The summed E-state index contributed by atoms with van der Waals surface area (Å²) in [5.74, 6) is 0.878. The van der Waals surface area contributed by atoms with E-state index in [0.29, 0.717) is 11.3 Å². The van der Waals surface area contributed by atoms with Gasteiger partial charge in [0.15, 0.2) is 5.82 Å². The van der Waals surface area contributed by atoms with Crippen LogP contribution in [-0.4, -0.2) is 20.4 Å². The molecule has 1 amide bonds. The minimum Gasteiger partial charge on any atom is -0.331 e. The lowest BCUT2D eigenvalue weighted by atomic mass is 10.1. The smallest absolute Gasteiger partial charge is 0.222 e. The van der Waals surface area contributed by atoms with Gasteiger partial charge in [0.05, 0.1) is 11.0 Å². The van der Waals surface area contributed by atoms with Gasteiger partial charge in [0.25, 0.3) is 0 Å². The number of hydrogen-bond acceptors (Lipinski definition) is 3. The second-order valence-electron chi connectivity index (χ2n) is 4.94. The van der Waals surface area contributed by atoms with Crippen LogP contribution >= 0.6 is 0 Å². The van der Waals surface area contributed by atoms with Crippen LogP contribution in [0.25, 0.3) is 21.9 Å². The minimum absolute atomic E-state index is 0.332. The number of carbonyl (C=O) groups excluding carboxylic acids is 1. The summed E-state index contributed by atoms with van der Waals surface area (Å²) in [5, 5.41) is 3.68. The highest BCUT2D eigenvalue weighted by Crippen LogP contribution is 2.29. The van der Waals surface area contributed by atoms with E-state index in [4.69, 9.17) is 1.37 Å². The average molecular weight is 270 g/mol. The topological polar surface area (TPSA) is 59.8 Å². The summed E-state index contributed by atoms with van der Waals surface area (Å²) in [7, 11) is 1.95. The summed E-state index contributed by atoms with van der Waals surface area (Å²) in [6.45, 7) is 3.61. The fraction of sp³-hybridized carbons (Fsp3) is 0.267. The molecule has 0 spiro atoms. The molecule has 0 aliphatic heterocycles. The zero-order chi connectivity index (χ0) is 15.1. The standard InChI is InChI=1S/C15H16N4O/c1-8-5-6-12-11(7-8)14-13(16-9(2)19(14)4)15(18-12)17-10(3)20/h5-7H,1-4H3,(H,17,18,20)/i3T. The molecule has 0 aliphatic carbocycles. The quantitative estimate of drug-likeness (QED) is 0.739. The Bertz CT molecular complexity index is 869. The fourth-order valence-electron chi connectivity index (χ4n) is 2.41. The van der Waals surface area contributed by atoms with Gasteiger partial charge in [0.2, 0.25) is 5.91 Å². The van der Waals surface area contributed by atoms with Gasteiger partial charge >= 0.3 is 0 Å². The number of rotatable bonds is 1. The van der Waals surface area contributed by atoms with E-state index in [0.717, 1.165) is 27.8 Å². The van der Waals surface area contributed by atoms with E-state index in [1.54, 1.807) is 0 Å². The molecule has 3 rings (SSSR count). The molecule has 5 heteroatoms. The average Bonchev–Trinajstić information content (AvgIpc) is 2.76. The number of pyridine rings is 1. The molecule has 20 heavy (non-hydrogen) atoms. The lowest BCUT2D eigenvalue weighted by molar-refractivity contribution is -0.114. The van der Waals surface area contributed by atoms with Crippen molar-refractivity contribution in [3.05, 3.63) is 29.6 Å². The zero-order valence-corrected chi connectivity index (χ0v) is 11.7. The van der Waals surface area contributed by atoms with E-state index in [1.165, 1.54) is 0 Å². The molecule has 1 aromatic carbocycles. The monoisotopic (exact) mass is 270 g/mol. The molecule has 0 unspecified atom stereocenters. The molecule has 0 fully saturated rings. The van der Waals surface area contributed by atoms with Gasteiger partial charge in [-0.05, 0) is 26.0 Å². The second kappa shape index (κ2) is 4.30. The van der Waals surface area contributed by atoms with Crippen LogP contribution in [0.2, 0.25) is 0 Å². The number of nitrogens with zero attached hydrogens (tertiary/aromatic N) is 3. The Labute approximate surface area is 118 Å². The molecular weight excluding hydrogens is 252 g/mol. The number of aromatic nitrogens is 3. The Morgan fingerprint density at radius 2 is 2.15 bits per heavy atom. The number of benzene rings is 1. The Morgan fingerprint density at radius 1 is 1.35 bits per heavy atom. The van der Waals surface area contributed by atoms with Gasteiger partial charge in [-0.2, -0.15) is 0 Å². The van der Waals surface area contributed by atoms with Gasteiger partial charge in [-0.15, -0.1) is 0 Å². The first kappa shape index (κ1) is 11.4. The largest absolute Gasteiger partial charge is 0.331 e. The third-order valence-corrected chi connectivity index (χ3v) is 3.44. The molecule has 0 bridgehead atoms. The predicted molar refractivity (Wildman–Crippen MR) is 79.8 cm³/mol. The minimum atomic E-state index is -0.390. The number of anilines is 1. The van der Waals surface area contributed by atoms with Crippen molar-refractivity contribution in [3.8, 4) is 0 Å². The molecule has 0 saturated carbocycles. The molecule has 0 atom stereocenters. The summed E-state index contributed by atoms with van der Waals surface area (Å²) >= 11 is 0. The highest BCUT2D eigenvalue weighted by molar-refractivity contribution is 6.09. The third-order valence-electron chi connectivity index (χ3n) is 3.44. The molecule has 102 valence electrons. The lowest BCUT2D eigenvalue weighted by Gasteiger charge is -2.08. The number of fused-ring (bicyclic) bond motifs is 3. The normalized spacial score (nSPS) is 11.8. The first-order valence-electron chi connectivity index (χ1n) is 7.04. The summed E-state index contributed by atoms with van der Waals surface area (Å²) < 4.78 is 9.13. The molecule has 2 heterocycles. The van der Waals surface area contributed by atoms with Gasteiger partial charge in [-0.1, -0.05) is 11.6 Å². The first-order chi connectivity index (χ1) is 10.0. The zero-order valence-electron chi connectivity index (χ0n) is 12.7. The van der Waals surface area contributed by atoms with Crippen LogP contribution in [0.15, 0.2) is 18.2 Å². The van der Waals surface area contributed by atoms with Crippen molar-refractivity contribution in [2.75, 3.05) is 5.32 Å². The molecule has 3 aromatic rings. The highest BCUT2D eigenvalue weighted by atomic mass is 16.1. The molecular formula is C15H16N4O. The third kappa shape index (κ3) is 1.82. The number of amides is 1. The summed E-state index contributed by atoms with van der Waals surface area (Å²) in [6.07, 6.45) is 0. The van der Waals surface area contributed by atoms with Gasteiger partial charge in [0, 0.05) is 20.7 Å². The van der Waals surface area contributed by atoms with Crippen LogP contribution < -0.4 is 5.32 Å². The van der Waals surface area contributed by atoms with Crippen molar-refractivity contribution in [2.24, 2.45) is 7.05 Å². The number of imidazole rings is 1. The Hall–Kier alpha value is -2.43. The van der Waals surface area contributed by atoms with E-state index in [9.17, 15) is 4.79 Å². The van der Waals surface area contributed by atoms with E-state index in [-0.39, 0.29) is 6.90 Å². The highest BCUT2D eigenvalue weighted by Gasteiger charge is 2.15. The fourth-order valence-corrected chi connectivity index (χ4v) is 2.41. The van der Waals surface area contributed by atoms with Crippen molar-refractivity contribution in [1.82, 2.24) is 14.5 Å². The van der Waals surface area contributed by atoms with Crippen LogP contribution in [0, 0.1) is 13.8 Å². The van der Waals surface area contributed by atoms with Crippen LogP contribution in [0.5, 0.6) is 0 Å². The number of nitrogens with one attached hydrogen (secondary N) is 1. The number of hydrogen-bond donors (Lipinski definition) is 1. The van der Waals surface area contributed by atoms with E-state index < -0.39 is 5.91 Å². The summed E-state index contributed by atoms with van der Waals surface area (Å²) in [5.41, 5.74) is 3.56. The van der Waals surface area contributed by atoms with Crippen LogP contribution in [0.3, 0.4) is 0 Å². The second-order valence-corrected chi connectivity index (χ2v) is 4.94. The molecule has 0 aliphatic rings. The van der Waals surface area contributed by atoms with Gasteiger partial charge < -0.3 is 9.88 Å². The Balaban J connectivity index is 2.40. The van der Waals surface area contributed by atoms with Gasteiger partial charge in [0.1, 0.15) is 11.3 Å². The molecule has 1 N–H and O–H groups in total. The van der Waals surface area contributed by atoms with Crippen molar-refractivity contribution >= 4 is 33.7 Å². The van der Waals surface area contributed by atoms with Crippen LogP contribution in [0.4, 0.5) is 5.82 Å². The first-order valence-corrected chi connectivity index (χ1v) is 6.33. The Morgan fingerprint density at radius 3 is 2.90 bits per heavy atom. The van der Waals surface area contributed by atoms with E-state index >= 15 is 0 Å². The maximum Gasteiger partial charge on any atom is 0.222 e. The van der Waals surface area contributed by atoms with Crippen molar-refractivity contribution in [2.45, 2.75) is 20.7 Å². The number of aryl methyl sites for hydroxylation is 3. The van der Waals surface area contributed by atoms with Gasteiger partial charge in [-0.3, -0.25) is 4.79 Å². The van der Waals surface area contributed by atoms with Crippen LogP contribution in [0.1, 0.15) is 19.7 Å². The molecule has 2 aromatic heterocycles. The van der Waals surface area contributed by atoms with Crippen molar-refractivity contribution in [3.63, 3.8) is 0 Å². The summed E-state index contributed by atoms with van der Waals surface area (Å²) in [4.78, 5) is 20.5. The lowest BCUT2D eigenvalue weighted by Crippen LogP contribution is -2.08. The van der Waals surface area contributed by atoms with E-state index in [1.807, 2.05) is 37.6 Å². The van der Waals surface area contributed by atoms with Crippen LogP contribution in [-0.2, 0) is 11.8 Å². The predicted octanol–water partition coefficient (Wildman–Crippen LogP) is 2.70.